The lowest BCUT2D eigenvalue weighted by molar-refractivity contribution is 0.0690. The summed E-state index contributed by atoms with van der Waals surface area (Å²) in [6.45, 7) is 6.64. The maximum Gasteiger partial charge on any atom is 0.358 e. The van der Waals surface area contributed by atoms with Gasteiger partial charge in [0.25, 0.3) is 0 Å². The number of rotatable bonds is 4. The lowest BCUT2D eigenvalue weighted by atomic mass is 9.84. The summed E-state index contributed by atoms with van der Waals surface area (Å²) in [7, 11) is 0. The molecule has 1 aliphatic heterocycles. The zero-order valence-corrected chi connectivity index (χ0v) is 12.4. The third kappa shape index (κ3) is 4.17. The Balaban J connectivity index is 1.77. The van der Waals surface area contributed by atoms with Gasteiger partial charge in [-0.05, 0) is 18.3 Å². The highest BCUT2D eigenvalue weighted by Crippen LogP contribution is 2.28. The molecule has 8 nitrogen and oxygen atoms in total. The first-order chi connectivity index (χ1) is 9.87. The van der Waals surface area contributed by atoms with Crippen molar-refractivity contribution in [2.45, 2.75) is 33.2 Å². The summed E-state index contributed by atoms with van der Waals surface area (Å²) < 4.78 is 1.41. The molecule has 116 valence electrons. The van der Waals surface area contributed by atoms with Gasteiger partial charge in [-0.25, -0.2) is 14.3 Å². The Morgan fingerprint density at radius 3 is 2.86 bits per heavy atom. The second-order valence-corrected chi connectivity index (χ2v) is 6.09. The largest absolute Gasteiger partial charge is 0.476 e. The molecule has 0 unspecified atom stereocenters. The summed E-state index contributed by atoms with van der Waals surface area (Å²) in [5.74, 6) is -1.11. The molecule has 0 saturated carbocycles. The van der Waals surface area contributed by atoms with E-state index in [9.17, 15) is 9.59 Å². The number of hydrogen-bond donors (Lipinski definition) is 2. The topological polar surface area (TPSA) is 100 Å². The SMILES string of the molecule is CC1(C)CCCN(C(=O)NCCn2cc(C(=O)O)nn2)C1. The van der Waals surface area contributed by atoms with Crippen molar-refractivity contribution in [2.24, 2.45) is 5.41 Å². The van der Waals surface area contributed by atoms with Gasteiger partial charge in [0.05, 0.1) is 12.7 Å². The molecule has 2 heterocycles. The molecule has 21 heavy (non-hydrogen) atoms. The van der Waals surface area contributed by atoms with Gasteiger partial charge in [-0.1, -0.05) is 19.1 Å². The number of carboxylic acid groups (broad SMARTS) is 1. The van der Waals surface area contributed by atoms with E-state index >= 15 is 0 Å². The first kappa shape index (κ1) is 15.3. The first-order valence-corrected chi connectivity index (χ1v) is 7.04. The molecule has 1 aliphatic rings. The Labute approximate surface area is 123 Å². The lowest BCUT2D eigenvalue weighted by Gasteiger charge is -2.37. The molecule has 1 aromatic rings. The molecule has 0 bridgehead atoms. The van der Waals surface area contributed by atoms with E-state index in [1.54, 1.807) is 0 Å². The second-order valence-electron chi connectivity index (χ2n) is 6.09. The fraction of sp³-hybridized carbons (Fsp3) is 0.692. The number of carboxylic acids is 1. The van der Waals surface area contributed by atoms with Crippen molar-refractivity contribution in [1.29, 1.82) is 0 Å². The smallest absolute Gasteiger partial charge is 0.358 e. The van der Waals surface area contributed by atoms with Crippen molar-refractivity contribution in [2.75, 3.05) is 19.6 Å². The number of aromatic carboxylic acids is 1. The van der Waals surface area contributed by atoms with Crippen molar-refractivity contribution >= 4 is 12.0 Å². The predicted octanol–water partition coefficient (Wildman–Crippen LogP) is 0.808. The Hall–Kier alpha value is -2.12. The minimum atomic E-state index is -1.11. The number of hydrogen-bond acceptors (Lipinski definition) is 4. The van der Waals surface area contributed by atoms with E-state index in [1.165, 1.54) is 10.9 Å². The van der Waals surface area contributed by atoms with Gasteiger partial charge in [-0.2, -0.15) is 0 Å². The number of piperidine rings is 1. The standard InChI is InChI=1S/C13H21N5O3/c1-13(2)4-3-6-17(9-13)12(21)14-5-7-18-8-10(11(19)20)15-16-18/h8H,3-7,9H2,1-2H3,(H,14,21)(H,19,20). The van der Waals surface area contributed by atoms with Gasteiger partial charge in [-0.3, -0.25) is 0 Å². The monoisotopic (exact) mass is 295 g/mol. The van der Waals surface area contributed by atoms with Crippen molar-refractivity contribution in [3.63, 3.8) is 0 Å². The maximum atomic E-state index is 12.1. The number of nitrogens with one attached hydrogen (secondary N) is 1. The van der Waals surface area contributed by atoms with Crippen LogP contribution in [0.15, 0.2) is 6.20 Å². The van der Waals surface area contributed by atoms with Crippen LogP contribution in [0.4, 0.5) is 4.79 Å². The number of amides is 2. The molecule has 1 aromatic heterocycles. The van der Waals surface area contributed by atoms with Gasteiger partial charge in [-0.15, -0.1) is 5.10 Å². The average Bonchev–Trinajstić information content (AvgIpc) is 2.86. The molecular weight excluding hydrogens is 274 g/mol. The number of nitrogens with zero attached hydrogens (tertiary/aromatic N) is 4. The summed E-state index contributed by atoms with van der Waals surface area (Å²) in [4.78, 5) is 24.6. The van der Waals surface area contributed by atoms with Crippen LogP contribution in [-0.2, 0) is 6.54 Å². The van der Waals surface area contributed by atoms with Crippen molar-refractivity contribution in [3.05, 3.63) is 11.9 Å². The summed E-state index contributed by atoms with van der Waals surface area (Å²) in [6, 6.07) is -0.0821. The van der Waals surface area contributed by atoms with Crippen LogP contribution in [0.3, 0.4) is 0 Å². The number of urea groups is 1. The van der Waals surface area contributed by atoms with E-state index in [1.807, 2.05) is 4.90 Å². The molecule has 0 atom stereocenters. The molecular formula is C13H21N5O3. The Morgan fingerprint density at radius 2 is 2.24 bits per heavy atom. The fourth-order valence-electron chi connectivity index (χ4n) is 2.49. The van der Waals surface area contributed by atoms with E-state index < -0.39 is 5.97 Å². The van der Waals surface area contributed by atoms with Crippen molar-refractivity contribution in [1.82, 2.24) is 25.2 Å². The van der Waals surface area contributed by atoms with Crippen LogP contribution < -0.4 is 5.32 Å². The van der Waals surface area contributed by atoms with Crippen LogP contribution >= 0.6 is 0 Å². The van der Waals surface area contributed by atoms with Gasteiger partial charge in [0.1, 0.15) is 0 Å². The predicted molar refractivity (Wildman–Crippen MR) is 75.0 cm³/mol. The van der Waals surface area contributed by atoms with E-state index in [4.69, 9.17) is 5.11 Å². The van der Waals surface area contributed by atoms with Gasteiger partial charge in [0.2, 0.25) is 0 Å². The highest BCUT2D eigenvalue weighted by molar-refractivity contribution is 5.84. The quantitative estimate of drug-likeness (QED) is 0.856. The number of likely N-dealkylation sites (tertiary alicyclic amines) is 1. The Morgan fingerprint density at radius 1 is 1.48 bits per heavy atom. The van der Waals surface area contributed by atoms with Crippen LogP contribution in [0.2, 0.25) is 0 Å². The second kappa shape index (κ2) is 6.11. The van der Waals surface area contributed by atoms with Gasteiger partial charge < -0.3 is 15.3 Å². The lowest BCUT2D eigenvalue weighted by Crippen LogP contribution is -2.48. The van der Waals surface area contributed by atoms with E-state index in [0.717, 1.165) is 25.9 Å². The summed E-state index contributed by atoms with van der Waals surface area (Å²) >= 11 is 0. The first-order valence-electron chi connectivity index (χ1n) is 7.04. The van der Waals surface area contributed by atoms with Crippen LogP contribution in [0.25, 0.3) is 0 Å². The molecule has 0 aliphatic carbocycles. The maximum absolute atomic E-state index is 12.1. The average molecular weight is 295 g/mol. The minimum Gasteiger partial charge on any atom is -0.476 e. The molecule has 8 heteroatoms. The molecule has 0 spiro atoms. The molecule has 0 aromatic carbocycles. The van der Waals surface area contributed by atoms with Crippen molar-refractivity contribution in [3.8, 4) is 0 Å². The Bertz CT molecular complexity index is 526. The molecule has 0 radical (unpaired) electrons. The van der Waals surface area contributed by atoms with Crippen LogP contribution in [0.5, 0.6) is 0 Å². The van der Waals surface area contributed by atoms with Crippen LogP contribution in [0, 0.1) is 5.41 Å². The van der Waals surface area contributed by atoms with Gasteiger partial charge >= 0.3 is 12.0 Å². The Kier molecular flexibility index (Phi) is 4.44. The highest BCUT2D eigenvalue weighted by Gasteiger charge is 2.28. The molecule has 2 amide bonds. The molecule has 2 rings (SSSR count). The minimum absolute atomic E-state index is 0.0821. The van der Waals surface area contributed by atoms with E-state index in [0.29, 0.717) is 13.1 Å². The van der Waals surface area contributed by atoms with Gasteiger partial charge in [0, 0.05) is 19.6 Å². The molecule has 1 fully saturated rings. The highest BCUT2D eigenvalue weighted by atomic mass is 16.4. The van der Waals surface area contributed by atoms with Gasteiger partial charge in [0.15, 0.2) is 5.69 Å². The zero-order chi connectivity index (χ0) is 15.5. The summed E-state index contributed by atoms with van der Waals surface area (Å²) in [6.07, 6.45) is 3.50. The van der Waals surface area contributed by atoms with E-state index in [-0.39, 0.29) is 17.1 Å². The third-order valence-electron chi connectivity index (χ3n) is 3.56. The van der Waals surface area contributed by atoms with Crippen LogP contribution in [-0.4, -0.2) is 56.6 Å². The van der Waals surface area contributed by atoms with Crippen LogP contribution in [0.1, 0.15) is 37.2 Å². The summed E-state index contributed by atoms with van der Waals surface area (Å²) in [5.41, 5.74) is 0.0665. The zero-order valence-electron chi connectivity index (χ0n) is 12.4. The number of aromatic nitrogens is 3. The number of carbonyl (C=O) groups excluding carboxylic acids is 1. The summed E-state index contributed by atoms with van der Waals surface area (Å²) in [5, 5.41) is 18.8. The van der Waals surface area contributed by atoms with Crippen molar-refractivity contribution < 1.29 is 14.7 Å². The fourth-order valence-corrected chi connectivity index (χ4v) is 2.49. The third-order valence-corrected chi connectivity index (χ3v) is 3.56. The molecule has 1 saturated heterocycles. The normalized spacial score (nSPS) is 17.5. The molecule has 2 N–H and O–H groups in total. The van der Waals surface area contributed by atoms with E-state index in [2.05, 4.69) is 29.5 Å². The number of carbonyl (C=O) groups is 2.